The maximum absolute atomic E-state index is 11.8. The van der Waals surface area contributed by atoms with Crippen molar-refractivity contribution in [3.63, 3.8) is 0 Å². The van der Waals surface area contributed by atoms with Crippen LogP contribution in [0.15, 0.2) is 6.07 Å². The Kier molecular flexibility index (Phi) is 2.49. The first-order chi connectivity index (χ1) is 5.88. The van der Waals surface area contributed by atoms with Crippen LogP contribution in [0.4, 0.5) is 19.0 Å². The van der Waals surface area contributed by atoms with E-state index >= 15 is 0 Å². The van der Waals surface area contributed by atoms with E-state index in [1.807, 2.05) is 0 Å². The predicted molar refractivity (Wildman–Crippen MR) is 42.0 cm³/mol. The van der Waals surface area contributed by atoms with Gasteiger partial charge in [-0.05, 0) is 6.92 Å². The molecule has 2 N–H and O–H groups in total. The van der Waals surface area contributed by atoms with Gasteiger partial charge in [0.05, 0.1) is 6.42 Å². The molecule has 0 aliphatic heterocycles. The average Bonchev–Trinajstić information content (AvgIpc) is 2.24. The quantitative estimate of drug-likeness (QED) is 0.777. The summed E-state index contributed by atoms with van der Waals surface area (Å²) in [4.78, 5) is 0. The summed E-state index contributed by atoms with van der Waals surface area (Å²) >= 11 is 0. The van der Waals surface area contributed by atoms with Gasteiger partial charge < -0.3 is 5.73 Å². The van der Waals surface area contributed by atoms with Gasteiger partial charge in [-0.2, -0.15) is 18.3 Å². The van der Waals surface area contributed by atoms with Crippen molar-refractivity contribution in [2.45, 2.75) is 26.1 Å². The van der Waals surface area contributed by atoms with E-state index in [-0.39, 0.29) is 12.4 Å². The highest BCUT2D eigenvalue weighted by atomic mass is 19.4. The molecule has 0 fully saturated rings. The topological polar surface area (TPSA) is 43.8 Å². The van der Waals surface area contributed by atoms with Crippen LogP contribution in [0, 0.1) is 6.92 Å². The number of hydrogen-bond acceptors (Lipinski definition) is 2. The van der Waals surface area contributed by atoms with E-state index in [9.17, 15) is 13.2 Å². The number of aromatic nitrogens is 2. The molecule has 0 amide bonds. The van der Waals surface area contributed by atoms with Gasteiger partial charge in [0.25, 0.3) is 0 Å². The lowest BCUT2D eigenvalue weighted by atomic mass is 10.4. The Hall–Kier alpha value is -1.20. The highest BCUT2D eigenvalue weighted by molar-refractivity contribution is 5.28. The van der Waals surface area contributed by atoms with Crippen LogP contribution >= 0.6 is 0 Å². The van der Waals surface area contributed by atoms with Crippen LogP contribution < -0.4 is 5.73 Å². The van der Waals surface area contributed by atoms with Crippen LogP contribution in [0.5, 0.6) is 0 Å². The van der Waals surface area contributed by atoms with Crippen molar-refractivity contribution >= 4 is 5.82 Å². The third kappa shape index (κ3) is 2.96. The van der Waals surface area contributed by atoms with Crippen LogP contribution in [0.3, 0.4) is 0 Å². The van der Waals surface area contributed by atoms with Crippen LogP contribution in [0.25, 0.3) is 0 Å². The van der Waals surface area contributed by atoms with Gasteiger partial charge in [0.1, 0.15) is 5.82 Å². The van der Waals surface area contributed by atoms with Crippen molar-refractivity contribution in [1.29, 1.82) is 0 Å². The van der Waals surface area contributed by atoms with Crippen LogP contribution in [-0.2, 0) is 6.54 Å². The summed E-state index contributed by atoms with van der Waals surface area (Å²) < 4.78 is 36.7. The molecule has 0 saturated carbocycles. The molecule has 0 aliphatic rings. The lowest BCUT2D eigenvalue weighted by molar-refractivity contribution is -0.137. The molecule has 74 valence electrons. The molecule has 1 heterocycles. The number of nitrogens with two attached hydrogens (primary N) is 1. The molecule has 1 rings (SSSR count). The fraction of sp³-hybridized carbons (Fsp3) is 0.571. The molecule has 0 atom stereocenters. The first-order valence-corrected chi connectivity index (χ1v) is 3.75. The second-order valence-electron chi connectivity index (χ2n) is 2.80. The van der Waals surface area contributed by atoms with Crippen LogP contribution in [0.2, 0.25) is 0 Å². The second-order valence-corrected chi connectivity index (χ2v) is 2.80. The first kappa shape index (κ1) is 9.88. The number of hydrogen-bond donors (Lipinski definition) is 1. The number of nitrogens with zero attached hydrogens (tertiary/aromatic N) is 2. The predicted octanol–water partition coefficient (Wildman–Crippen LogP) is 1.73. The zero-order valence-electron chi connectivity index (χ0n) is 7.10. The fourth-order valence-corrected chi connectivity index (χ4v) is 0.995. The smallest absolute Gasteiger partial charge is 0.382 e. The molecular formula is C7H10F3N3. The monoisotopic (exact) mass is 193 g/mol. The largest absolute Gasteiger partial charge is 0.390 e. The standard InChI is InChI=1S/C7H10F3N3/c1-5-4-6(11)12-13(5)3-2-7(8,9)10/h4H,2-3H2,1H3,(H2,11,12). The third-order valence-corrected chi connectivity index (χ3v) is 1.61. The average molecular weight is 193 g/mol. The van der Waals surface area contributed by atoms with Crippen molar-refractivity contribution in [2.24, 2.45) is 0 Å². The molecule has 0 aromatic carbocycles. The minimum absolute atomic E-state index is 0.174. The van der Waals surface area contributed by atoms with E-state index in [0.29, 0.717) is 5.69 Å². The van der Waals surface area contributed by atoms with Crippen molar-refractivity contribution in [3.8, 4) is 0 Å². The first-order valence-electron chi connectivity index (χ1n) is 3.75. The number of halogens is 3. The van der Waals surface area contributed by atoms with Crippen molar-refractivity contribution in [1.82, 2.24) is 9.78 Å². The summed E-state index contributed by atoms with van der Waals surface area (Å²) in [6.07, 6.45) is -5.03. The lowest BCUT2D eigenvalue weighted by Gasteiger charge is -2.06. The molecule has 0 saturated heterocycles. The SMILES string of the molecule is Cc1cc(N)nn1CCC(F)(F)F. The lowest BCUT2D eigenvalue weighted by Crippen LogP contribution is -2.13. The molecule has 0 aliphatic carbocycles. The number of aryl methyl sites for hydroxylation is 2. The van der Waals surface area contributed by atoms with Crippen molar-refractivity contribution in [2.75, 3.05) is 5.73 Å². The maximum atomic E-state index is 11.8. The molecule has 1 aromatic heterocycles. The minimum atomic E-state index is -4.15. The van der Waals surface area contributed by atoms with Crippen molar-refractivity contribution in [3.05, 3.63) is 11.8 Å². The van der Waals surface area contributed by atoms with Gasteiger partial charge >= 0.3 is 6.18 Å². The van der Waals surface area contributed by atoms with E-state index in [1.54, 1.807) is 6.92 Å². The molecule has 1 aromatic rings. The van der Waals surface area contributed by atoms with E-state index in [2.05, 4.69) is 5.10 Å². The van der Waals surface area contributed by atoms with Crippen LogP contribution in [-0.4, -0.2) is 16.0 Å². The summed E-state index contributed by atoms with van der Waals surface area (Å²) in [5.74, 6) is 0.250. The summed E-state index contributed by atoms with van der Waals surface area (Å²) in [5.41, 5.74) is 5.95. The Morgan fingerprint density at radius 2 is 2.15 bits per heavy atom. The Morgan fingerprint density at radius 1 is 1.54 bits per heavy atom. The molecule has 0 spiro atoms. The number of anilines is 1. The molecular weight excluding hydrogens is 183 g/mol. The fourth-order valence-electron chi connectivity index (χ4n) is 0.995. The van der Waals surface area contributed by atoms with Gasteiger partial charge in [-0.1, -0.05) is 0 Å². The molecule has 0 bridgehead atoms. The zero-order chi connectivity index (χ0) is 10.1. The van der Waals surface area contributed by atoms with E-state index < -0.39 is 12.6 Å². The summed E-state index contributed by atoms with van der Waals surface area (Å²) in [6.45, 7) is 1.49. The molecule has 13 heavy (non-hydrogen) atoms. The second kappa shape index (κ2) is 3.27. The van der Waals surface area contributed by atoms with E-state index in [1.165, 1.54) is 10.7 Å². The zero-order valence-corrected chi connectivity index (χ0v) is 7.10. The summed E-state index contributed by atoms with van der Waals surface area (Å²) in [6, 6.07) is 1.54. The normalized spacial score (nSPS) is 12.0. The maximum Gasteiger partial charge on any atom is 0.390 e. The van der Waals surface area contributed by atoms with E-state index in [0.717, 1.165) is 0 Å². The van der Waals surface area contributed by atoms with Gasteiger partial charge in [-0.25, -0.2) is 0 Å². The van der Waals surface area contributed by atoms with Crippen LogP contribution in [0.1, 0.15) is 12.1 Å². The number of nitrogen functional groups attached to an aromatic ring is 1. The molecule has 0 unspecified atom stereocenters. The summed E-state index contributed by atoms with van der Waals surface area (Å²) in [7, 11) is 0. The van der Waals surface area contributed by atoms with Gasteiger partial charge in [-0.3, -0.25) is 4.68 Å². The van der Waals surface area contributed by atoms with Crippen molar-refractivity contribution < 1.29 is 13.2 Å². The molecule has 6 heteroatoms. The summed E-state index contributed by atoms with van der Waals surface area (Å²) in [5, 5.41) is 3.71. The van der Waals surface area contributed by atoms with Gasteiger partial charge in [0.15, 0.2) is 0 Å². The molecule has 3 nitrogen and oxygen atoms in total. The minimum Gasteiger partial charge on any atom is -0.382 e. The highest BCUT2D eigenvalue weighted by Gasteiger charge is 2.27. The van der Waals surface area contributed by atoms with E-state index in [4.69, 9.17) is 5.73 Å². The number of rotatable bonds is 2. The highest BCUT2D eigenvalue weighted by Crippen LogP contribution is 2.20. The Labute approximate surface area is 73.3 Å². The molecule has 0 radical (unpaired) electrons. The third-order valence-electron chi connectivity index (χ3n) is 1.61. The Bertz CT molecular complexity index is 290. The Balaban J connectivity index is 2.59. The Morgan fingerprint density at radius 3 is 2.54 bits per heavy atom. The van der Waals surface area contributed by atoms with Gasteiger partial charge in [0, 0.05) is 18.3 Å². The van der Waals surface area contributed by atoms with Gasteiger partial charge in [0.2, 0.25) is 0 Å². The van der Waals surface area contributed by atoms with Gasteiger partial charge in [-0.15, -0.1) is 0 Å². The number of alkyl halides is 3.